The summed E-state index contributed by atoms with van der Waals surface area (Å²) in [6.45, 7) is 2.73. The number of hydrogen-bond donors (Lipinski definition) is 0. The van der Waals surface area contributed by atoms with E-state index < -0.39 is 0 Å². The van der Waals surface area contributed by atoms with E-state index in [0.29, 0.717) is 18.9 Å². The molecule has 0 unspecified atom stereocenters. The molecule has 2 aliphatic rings. The largest absolute Gasteiger partial charge is 0.497 e. The van der Waals surface area contributed by atoms with Crippen LogP contribution in [0.15, 0.2) is 40.2 Å². The highest BCUT2D eigenvalue weighted by Crippen LogP contribution is 2.38. The number of aromatic nitrogens is 3. The highest BCUT2D eigenvalue weighted by molar-refractivity contribution is 5.95. The molecule has 4 heterocycles. The second kappa shape index (κ2) is 5.72. The van der Waals surface area contributed by atoms with E-state index in [1.54, 1.807) is 13.3 Å². The lowest BCUT2D eigenvalue weighted by Crippen LogP contribution is -2.08. The Bertz CT molecular complexity index is 1020. The molecule has 0 N–H and O–H groups in total. The quantitative estimate of drug-likeness (QED) is 0.568. The van der Waals surface area contributed by atoms with Crippen molar-refractivity contribution in [3.8, 4) is 22.8 Å². The number of benzene rings is 1. The summed E-state index contributed by atoms with van der Waals surface area (Å²) in [6.07, 6.45) is 5.18. The molecule has 7 nitrogen and oxygen atoms in total. The Balaban J connectivity index is 1.71. The zero-order valence-corrected chi connectivity index (χ0v) is 14.6. The first kappa shape index (κ1) is 15.2. The third-order valence-electron chi connectivity index (χ3n) is 4.96. The smallest absolute Gasteiger partial charge is 0.237 e. The van der Waals surface area contributed by atoms with Gasteiger partial charge in [0.05, 0.1) is 30.7 Å². The predicted octanol–water partition coefficient (Wildman–Crippen LogP) is 3.00. The van der Waals surface area contributed by atoms with Crippen LogP contribution in [0.25, 0.3) is 17.0 Å². The van der Waals surface area contributed by atoms with E-state index in [-0.39, 0.29) is 6.04 Å². The normalized spacial score (nSPS) is 17.6. The fourth-order valence-electron chi connectivity index (χ4n) is 3.51. The van der Waals surface area contributed by atoms with E-state index in [1.807, 2.05) is 24.5 Å². The SMILES string of the molecule is CC[C@@H]1COC(c2ncn3c2Cc2cnoc2-c2cc(OC)ccc2-3)=N1. The number of ether oxygens (including phenoxy) is 2. The molecular formula is C19H18N4O3. The molecule has 0 spiro atoms. The summed E-state index contributed by atoms with van der Waals surface area (Å²) in [5, 5.41) is 4.00. The molecule has 3 aromatic rings. The van der Waals surface area contributed by atoms with Gasteiger partial charge in [0.15, 0.2) is 5.76 Å². The Kier molecular flexibility index (Phi) is 3.34. The molecule has 132 valence electrons. The molecule has 0 saturated heterocycles. The topological polar surface area (TPSA) is 74.7 Å². The monoisotopic (exact) mass is 350 g/mol. The minimum absolute atomic E-state index is 0.204. The third-order valence-corrected chi connectivity index (χ3v) is 4.96. The second-order valence-corrected chi connectivity index (χ2v) is 6.46. The van der Waals surface area contributed by atoms with Gasteiger partial charge in [-0.25, -0.2) is 9.98 Å². The van der Waals surface area contributed by atoms with Crippen LogP contribution in [-0.2, 0) is 11.2 Å². The maximum atomic E-state index is 5.82. The molecular weight excluding hydrogens is 332 g/mol. The highest BCUT2D eigenvalue weighted by atomic mass is 16.5. The van der Waals surface area contributed by atoms with Crippen LogP contribution in [0.4, 0.5) is 0 Å². The lowest BCUT2D eigenvalue weighted by molar-refractivity contribution is 0.314. The summed E-state index contributed by atoms with van der Waals surface area (Å²) in [5.74, 6) is 2.15. The summed E-state index contributed by atoms with van der Waals surface area (Å²) in [7, 11) is 1.65. The van der Waals surface area contributed by atoms with Crippen LogP contribution in [0, 0.1) is 0 Å². The summed E-state index contributed by atoms with van der Waals surface area (Å²) < 4.78 is 18.8. The molecule has 2 aliphatic heterocycles. The van der Waals surface area contributed by atoms with Gasteiger partial charge in [0.1, 0.15) is 24.4 Å². The summed E-state index contributed by atoms with van der Waals surface area (Å²) in [4.78, 5) is 9.29. The third kappa shape index (κ3) is 2.16. The molecule has 0 bridgehead atoms. The van der Waals surface area contributed by atoms with Crippen molar-refractivity contribution in [2.45, 2.75) is 25.8 Å². The molecule has 1 aromatic carbocycles. The molecule has 26 heavy (non-hydrogen) atoms. The van der Waals surface area contributed by atoms with Crippen molar-refractivity contribution in [2.24, 2.45) is 4.99 Å². The van der Waals surface area contributed by atoms with Gasteiger partial charge in [-0.2, -0.15) is 0 Å². The molecule has 5 rings (SSSR count). The lowest BCUT2D eigenvalue weighted by Gasteiger charge is -2.10. The molecule has 0 amide bonds. The van der Waals surface area contributed by atoms with Crippen molar-refractivity contribution < 1.29 is 14.0 Å². The first-order chi connectivity index (χ1) is 12.8. The fraction of sp³-hybridized carbons (Fsp3) is 0.316. The van der Waals surface area contributed by atoms with Crippen LogP contribution in [-0.4, -0.2) is 40.4 Å². The van der Waals surface area contributed by atoms with Crippen molar-refractivity contribution >= 4 is 5.90 Å². The molecule has 0 radical (unpaired) electrons. The van der Waals surface area contributed by atoms with E-state index in [9.17, 15) is 0 Å². The van der Waals surface area contributed by atoms with Crippen molar-refractivity contribution in [3.05, 3.63) is 47.7 Å². The number of nitrogens with zero attached hydrogens (tertiary/aromatic N) is 4. The summed E-state index contributed by atoms with van der Waals surface area (Å²) in [6, 6.07) is 6.11. The van der Waals surface area contributed by atoms with Crippen LogP contribution in [0.3, 0.4) is 0 Å². The van der Waals surface area contributed by atoms with E-state index in [0.717, 1.165) is 46.1 Å². The van der Waals surface area contributed by atoms with Crippen LogP contribution >= 0.6 is 0 Å². The molecule has 0 saturated carbocycles. The van der Waals surface area contributed by atoms with Gasteiger partial charge in [-0.1, -0.05) is 12.1 Å². The molecule has 7 heteroatoms. The van der Waals surface area contributed by atoms with Gasteiger partial charge in [0.25, 0.3) is 0 Å². The Hall–Kier alpha value is -3.09. The van der Waals surface area contributed by atoms with Crippen molar-refractivity contribution in [1.82, 2.24) is 14.7 Å². The number of fused-ring (bicyclic) bond motifs is 5. The van der Waals surface area contributed by atoms with Gasteiger partial charge in [-0.15, -0.1) is 0 Å². The first-order valence-corrected chi connectivity index (χ1v) is 8.68. The number of hydrogen-bond acceptors (Lipinski definition) is 6. The van der Waals surface area contributed by atoms with Crippen LogP contribution in [0.5, 0.6) is 5.75 Å². The first-order valence-electron chi connectivity index (χ1n) is 8.68. The fourth-order valence-corrected chi connectivity index (χ4v) is 3.51. The summed E-state index contributed by atoms with van der Waals surface area (Å²) in [5.41, 5.74) is 4.72. The number of imidazole rings is 1. The average molecular weight is 350 g/mol. The van der Waals surface area contributed by atoms with Gasteiger partial charge in [-0.3, -0.25) is 0 Å². The lowest BCUT2D eigenvalue weighted by atomic mass is 10.1. The minimum atomic E-state index is 0.204. The molecule has 0 fully saturated rings. The van der Waals surface area contributed by atoms with E-state index in [1.165, 1.54) is 0 Å². The van der Waals surface area contributed by atoms with Gasteiger partial charge >= 0.3 is 0 Å². The van der Waals surface area contributed by atoms with E-state index in [4.69, 9.17) is 14.0 Å². The number of rotatable bonds is 3. The maximum Gasteiger partial charge on any atom is 0.237 e. The van der Waals surface area contributed by atoms with Crippen LogP contribution < -0.4 is 4.74 Å². The Morgan fingerprint density at radius 2 is 2.27 bits per heavy atom. The van der Waals surface area contributed by atoms with Gasteiger partial charge in [0.2, 0.25) is 5.90 Å². The van der Waals surface area contributed by atoms with Crippen molar-refractivity contribution in [1.29, 1.82) is 0 Å². The average Bonchev–Trinajstić information content (AvgIpc) is 3.39. The molecule has 0 aliphatic carbocycles. The zero-order chi connectivity index (χ0) is 17.7. The number of methoxy groups -OCH3 is 1. The Labute approximate surface area is 150 Å². The van der Waals surface area contributed by atoms with Crippen molar-refractivity contribution in [3.63, 3.8) is 0 Å². The van der Waals surface area contributed by atoms with Crippen molar-refractivity contribution in [2.75, 3.05) is 13.7 Å². The van der Waals surface area contributed by atoms with Crippen LogP contribution in [0.2, 0.25) is 0 Å². The Morgan fingerprint density at radius 1 is 1.35 bits per heavy atom. The highest BCUT2D eigenvalue weighted by Gasteiger charge is 2.29. The molecule has 2 aromatic heterocycles. The molecule has 1 atom stereocenters. The standard InChI is InChI=1S/C19H18N4O3/c1-3-12-9-25-19(22-12)17-16-6-11-8-21-26-18(11)14-7-13(24-2)4-5-15(14)23(16)10-20-17/h4-5,7-8,10,12H,3,6,9H2,1-2H3/t12-/m1/s1. The van der Waals surface area contributed by atoms with Gasteiger partial charge in [0, 0.05) is 17.5 Å². The maximum absolute atomic E-state index is 5.82. The number of aliphatic imine (C=N–C) groups is 1. The zero-order valence-electron chi connectivity index (χ0n) is 14.6. The van der Waals surface area contributed by atoms with Gasteiger partial charge in [-0.05, 0) is 24.6 Å². The summed E-state index contributed by atoms with van der Waals surface area (Å²) >= 11 is 0. The predicted molar refractivity (Wildman–Crippen MR) is 95.0 cm³/mol. The van der Waals surface area contributed by atoms with E-state index >= 15 is 0 Å². The second-order valence-electron chi connectivity index (χ2n) is 6.46. The van der Waals surface area contributed by atoms with E-state index in [2.05, 4.69) is 26.6 Å². The van der Waals surface area contributed by atoms with Crippen LogP contribution in [0.1, 0.15) is 30.3 Å². The van der Waals surface area contributed by atoms with Gasteiger partial charge < -0.3 is 18.6 Å². The Morgan fingerprint density at radius 3 is 3.08 bits per heavy atom. The minimum Gasteiger partial charge on any atom is -0.497 e.